The van der Waals surface area contributed by atoms with Crippen LogP contribution in [0.2, 0.25) is 0 Å². The summed E-state index contributed by atoms with van der Waals surface area (Å²) in [5, 5.41) is 16.8. The molecule has 7 nitrogen and oxygen atoms in total. The van der Waals surface area contributed by atoms with Gasteiger partial charge in [0, 0.05) is 24.8 Å². The summed E-state index contributed by atoms with van der Waals surface area (Å²) in [5.41, 5.74) is 0.662. The maximum absolute atomic E-state index is 10.2. The second kappa shape index (κ2) is 14.9. The van der Waals surface area contributed by atoms with Crippen molar-refractivity contribution in [1.82, 2.24) is 15.0 Å². The Hall–Kier alpha value is -4.26. The number of pyridine rings is 1. The molecule has 0 saturated carbocycles. The average molecular weight is 391 g/mol. The SMILES string of the molecule is O=C(O)c1ccccc1.O=C(O)c1ccccc1.c1c[nH]cn1.c1ccncc1. The largest absolute Gasteiger partial charge is 0.478 e. The third-order valence-electron chi connectivity index (χ3n) is 3.01. The molecule has 0 radical (unpaired) electrons. The van der Waals surface area contributed by atoms with E-state index in [2.05, 4.69) is 15.0 Å². The van der Waals surface area contributed by atoms with Gasteiger partial charge in [-0.15, -0.1) is 0 Å². The van der Waals surface area contributed by atoms with E-state index in [-0.39, 0.29) is 0 Å². The number of aromatic carboxylic acids is 2. The fourth-order valence-electron chi connectivity index (χ4n) is 1.69. The quantitative estimate of drug-likeness (QED) is 0.470. The third kappa shape index (κ3) is 11.9. The van der Waals surface area contributed by atoms with Gasteiger partial charge in [0.1, 0.15) is 0 Å². The molecule has 0 saturated heterocycles. The van der Waals surface area contributed by atoms with Crippen LogP contribution in [-0.4, -0.2) is 37.1 Å². The molecule has 2 aromatic heterocycles. The van der Waals surface area contributed by atoms with Gasteiger partial charge < -0.3 is 15.2 Å². The molecule has 2 heterocycles. The predicted octanol–water partition coefficient (Wildman–Crippen LogP) is 4.26. The summed E-state index contributed by atoms with van der Waals surface area (Å²) in [4.78, 5) is 30.6. The highest BCUT2D eigenvalue weighted by molar-refractivity contribution is 5.87. The minimum Gasteiger partial charge on any atom is -0.478 e. The molecule has 7 heteroatoms. The number of carboxylic acid groups (broad SMARTS) is 2. The van der Waals surface area contributed by atoms with Crippen LogP contribution < -0.4 is 0 Å². The Morgan fingerprint density at radius 1 is 0.621 bits per heavy atom. The molecule has 0 aliphatic carbocycles. The van der Waals surface area contributed by atoms with E-state index in [4.69, 9.17) is 10.2 Å². The maximum atomic E-state index is 10.2. The number of carbonyl (C=O) groups is 2. The minimum absolute atomic E-state index is 0.331. The van der Waals surface area contributed by atoms with Crippen LogP contribution in [0.4, 0.5) is 0 Å². The van der Waals surface area contributed by atoms with Gasteiger partial charge in [-0.25, -0.2) is 14.6 Å². The molecule has 4 aromatic rings. The lowest BCUT2D eigenvalue weighted by Crippen LogP contribution is -1.93. The van der Waals surface area contributed by atoms with E-state index in [0.29, 0.717) is 11.1 Å². The van der Waals surface area contributed by atoms with Gasteiger partial charge in [-0.1, -0.05) is 42.5 Å². The van der Waals surface area contributed by atoms with Crippen molar-refractivity contribution < 1.29 is 19.8 Å². The number of carboxylic acids is 2. The molecule has 0 fully saturated rings. The fourth-order valence-corrected chi connectivity index (χ4v) is 1.69. The van der Waals surface area contributed by atoms with Gasteiger partial charge in [0.05, 0.1) is 17.5 Å². The fraction of sp³-hybridized carbons (Fsp3) is 0. The van der Waals surface area contributed by atoms with E-state index in [1.165, 1.54) is 0 Å². The van der Waals surface area contributed by atoms with E-state index >= 15 is 0 Å². The predicted molar refractivity (Wildman–Crippen MR) is 110 cm³/mol. The van der Waals surface area contributed by atoms with Crippen molar-refractivity contribution in [3.63, 3.8) is 0 Å². The zero-order chi connectivity index (χ0) is 21.2. The number of nitrogens with zero attached hydrogens (tertiary/aromatic N) is 2. The second-order valence-corrected chi connectivity index (χ2v) is 5.13. The zero-order valence-corrected chi connectivity index (χ0v) is 15.5. The van der Waals surface area contributed by atoms with Crippen LogP contribution in [-0.2, 0) is 0 Å². The molecule has 0 amide bonds. The Balaban J connectivity index is 0.000000199. The molecular weight excluding hydrogens is 370 g/mol. The van der Waals surface area contributed by atoms with Crippen LogP contribution in [0.25, 0.3) is 0 Å². The summed E-state index contributed by atoms with van der Waals surface area (Å²) in [5.74, 6) is -1.76. The first kappa shape index (κ1) is 22.8. The molecule has 0 unspecified atom stereocenters. The maximum Gasteiger partial charge on any atom is 0.335 e. The molecule has 3 N–H and O–H groups in total. The number of benzene rings is 2. The van der Waals surface area contributed by atoms with Crippen LogP contribution >= 0.6 is 0 Å². The number of hydrogen-bond donors (Lipinski definition) is 3. The first-order valence-electron chi connectivity index (χ1n) is 8.45. The Kier molecular flexibility index (Phi) is 11.7. The molecule has 4 rings (SSSR count). The Labute approximate surface area is 168 Å². The van der Waals surface area contributed by atoms with Crippen LogP contribution in [0, 0.1) is 0 Å². The van der Waals surface area contributed by atoms with Gasteiger partial charge in [0.25, 0.3) is 0 Å². The highest BCUT2D eigenvalue weighted by Crippen LogP contribution is 1.96. The second-order valence-electron chi connectivity index (χ2n) is 5.13. The molecule has 0 bridgehead atoms. The van der Waals surface area contributed by atoms with E-state index in [0.717, 1.165) is 0 Å². The summed E-state index contributed by atoms with van der Waals surface area (Å²) in [6, 6.07) is 22.3. The van der Waals surface area contributed by atoms with Gasteiger partial charge in [-0.3, -0.25) is 4.98 Å². The summed E-state index contributed by atoms with van der Waals surface area (Å²) in [6.07, 6.45) is 8.58. The van der Waals surface area contributed by atoms with Crippen molar-refractivity contribution in [2.45, 2.75) is 0 Å². The van der Waals surface area contributed by atoms with Gasteiger partial charge >= 0.3 is 11.9 Å². The van der Waals surface area contributed by atoms with E-state index < -0.39 is 11.9 Å². The van der Waals surface area contributed by atoms with Crippen molar-refractivity contribution in [2.75, 3.05) is 0 Å². The smallest absolute Gasteiger partial charge is 0.335 e. The van der Waals surface area contributed by atoms with Crippen LogP contribution in [0.15, 0.2) is 110 Å². The summed E-state index contributed by atoms with van der Waals surface area (Å²) >= 11 is 0. The summed E-state index contributed by atoms with van der Waals surface area (Å²) < 4.78 is 0. The van der Waals surface area contributed by atoms with Crippen LogP contribution in [0.3, 0.4) is 0 Å². The molecule has 0 aliphatic rings. The van der Waals surface area contributed by atoms with E-state index in [1.807, 2.05) is 18.2 Å². The first-order chi connectivity index (χ1) is 14.1. The van der Waals surface area contributed by atoms with Gasteiger partial charge in [0.15, 0.2) is 0 Å². The summed E-state index contributed by atoms with van der Waals surface area (Å²) in [7, 11) is 0. The van der Waals surface area contributed by atoms with E-state index in [9.17, 15) is 9.59 Å². The molecule has 148 valence electrons. The van der Waals surface area contributed by atoms with Gasteiger partial charge in [-0.2, -0.15) is 0 Å². The Bertz CT molecular complexity index is 807. The molecule has 0 spiro atoms. The first-order valence-corrected chi connectivity index (χ1v) is 8.45. The van der Waals surface area contributed by atoms with Gasteiger partial charge in [0.2, 0.25) is 0 Å². The molecule has 29 heavy (non-hydrogen) atoms. The number of aromatic amines is 1. The average Bonchev–Trinajstić information content (AvgIpc) is 3.37. The van der Waals surface area contributed by atoms with Crippen molar-refractivity contribution in [3.05, 3.63) is 121 Å². The summed E-state index contributed by atoms with van der Waals surface area (Å²) in [6.45, 7) is 0. The monoisotopic (exact) mass is 391 g/mol. The van der Waals surface area contributed by atoms with Crippen LogP contribution in [0.5, 0.6) is 0 Å². The molecule has 0 aliphatic heterocycles. The van der Waals surface area contributed by atoms with E-state index in [1.54, 1.807) is 91.8 Å². The lowest BCUT2D eigenvalue weighted by atomic mass is 10.2. The number of hydrogen-bond acceptors (Lipinski definition) is 4. The van der Waals surface area contributed by atoms with Crippen molar-refractivity contribution in [2.24, 2.45) is 0 Å². The topological polar surface area (TPSA) is 116 Å². The Morgan fingerprint density at radius 2 is 1.07 bits per heavy atom. The lowest BCUT2D eigenvalue weighted by molar-refractivity contribution is 0.0686. The Morgan fingerprint density at radius 3 is 1.24 bits per heavy atom. The highest BCUT2D eigenvalue weighted by Gasteiger charge is 1.97. The normalized spacial score (nSPS) is 8.55. The zero-order valence-electron chi connectivity index (χ0n) is 15.5. The van der Waals surface area contributed by atoms with Crippen molar-refractivity contribution in [1.29, 1.82) is 0 Å². The third-order valence-corrected chi connectivity index (χ3v) is 3.01. The highest BCUT2D eigenvalue weighted by atomic mass is 16.4. The van der Waals surface area contributed by atoms with Crippen molar-refractivity contribution >= 4 is 11.9 Å². The number of imidazole rings is 1. The molecule has 0 atom stereocenters. The van der Waals surface area contributed by atoms with Gasteiger partial charge in [-0.05, 0) is 36.4 Å². The number of rotatable bonds is 2. The number of aromatic nitrogens is 3. The molecular formula is C22H21N3O4. The standard InChI is InChI=1S/2C7H6O2.C5H5N.C3H4N2/c2*8-7(9)6-4-2-1-3-5-6;1-2-4-6-5-3-1;1-2-5-3-4-1/h2*1-5H,(H,8,9);1-5H;1-3H,(H,4,5). The lowest BCUT2D eigenvalue weighted by Gasteiger charge is -1.88. The minimum atomic E-state index is -0.879. The number of H-pyrrole nitrogens is 1. The number of nitrogens with one attached hydrogen (secondary N) is 1. The van der Waals surface area contributed by atoms with Crippen molar-refractivity contribution in [3.8, 4) is 0 Å². The molecule has 2 aromatic carbocycles. The van der Waals surface area contributed by atoms with Crippen LogP contribution in [0.1, 0.15) is 20.7 Å².